The predicted octanol–water partition coefficient (Wildman–Crippen LogP) is -2.08. The zero-order valence-corrected chi connectivity index (χ0v) is 8.85. The largest absolute Gasteiger partial charge is 4.00 e. The summed E-state index contributed by atoms with van der Waals surface area (Å²) >= 11 is 0. The van der Waals surface area contributed by atoms with E-state index >= 15 is 0 Å². The Labute approximate surface area is 83.4 Å². The number of hydrogen-bond donors (Lipinski definition) is 0. The average Bonchev–Trinajstić information content (AvgIpc) is 1.70. The van der Waals surface area contributed by atoms with Crippen LogP contribution in [0.1, 0.15) is 20.8 Å². The summed E-state index contributed by atoms with van der Waals surface area (Å²) in [5.74, 6) is 0. The van der Waals surface area contributed by atoms with E-state index in [0.717, 1.165) is 0 Å². The molecule has 0 bridgehead atoms. The Hall–Kier alpha value is 0.554. The zero-order valence-electron chi connectivity index (χ0n) is 7.29. The average molecular weight is 200 g/mol. The third-order valence-electron chi connectivity index (χ3n) is 0. The molecule has 68 valence electrons. The van der Waals surface area contributed by atoms with Gasteiger partial charge in [0, 0.05) is 0 Å². The summed E-state index contributed by atoms with van der Waals surface area (Å²) in [5, 5.41) is 26.8. The van der Waals surface area contributed by atoms with E-state index in [0.29, 0.717) is 0 Å². The molecule has 0 spiro atoms. The molecule has 0 saturated carbocycles. The molecule has 0 aromatic carbocycles. The van der Waals surface area contributed by atoms with Crippen molar-refractivity contribution in [2.24, 2.45) is 0 Å². The number of hydrogen-bond acceptors (Lipinski definition) is 4. The second-order valence-electron chi connectivity index (χ2n) is 0.866. The summed E-state index contributed by atoms with van der Waals surface area (Å²) < 4.78 is 0. The third-order valence-corrected chi connectivity index (χ3v) is 0. The van der Waals surface area contributed by atoms with Crippen LogP contribution in [-0.4, -0.2) is 25.3 Å². The van der Waals surface area contributed by atoms with Crippen molar-refractivity contribution < 1.29 is 42.5 Å². The molecule has 4 nitrogen and oxygen atoms in total. The van der Waals surface area contributed by atoms with Crippen molar-refractivity contribution in [3.8, 4) is 0 Å². The minimum absolute atomic E-state index is 0. The topological polar surface area (TPSA) is 99.2 Å². The van der Waals surface area contributed by atoms with Gasteiger partial charge in [0.25, 0.3) is 0 Å². The van der Waals surface area contributed by atoms with Gasteiger partial charge in [0.2, 0.25) is 0 Å². The van der Waals surface area contributed by atoms with Crippen molar-refractivity contribution >= 4 is 0 Å². The van der Waals surface area contributed by atoms with Crippen molar-refractivity contribution in [1.82, 2.24) is 0 Å². The van der Waals surface area contributed by atoms with Crippen LogP contribution >= 0.6 is 0 Å². The summed E-state index contributed by atoms with van der Waals surface area (Å²) in [6.07, 6.45) is 0. The molecule has 1 N–H and O–H groups in total. The van der Waals surface area contributed by atoms with Gasteiger partial charge in [0.15, 0.2) is 0 Å². The van der Waals surface area contributed by atoms with Crippen molar-refractivity contribution in [2.45, 2.75) is 20.8 Å². The first kappa shape index (κ1) is 30.0. The van der Waals surface area contributed by atoms with Crippen LogP contribution in [0, 0.1) is 0 Å². The zero-order chi connectivity index (χ0) is 8.12. The molecule has 11 heavy (non-hydrogen) atoms. The summed E-state index contributed by atoms with van der Waals surface area (Å²) in [6.45, 7) is 4.71. The normalized spacial score (nSPS) is 4.91. The van der Waals surface area contributed by atoms with E-state index in [2.05, 4.69) is 0 Å². The molecular weight excluding hydrogens is 184 g/mol. The second kappa shape index (κ2) is 76.3. The smallest absolute Gasteiger partial charge is 0.870 e. The van der Waals surface area contributed by atoms with Gasteiger partial charge in [-0.3, -0.25) is 0 Å². The van der Waals surface area contributed by atoms with Crippen LogP contribution < -0.4 is 15.3 Å². The SMILES string of the molecule is CC[O-].CC[O-].CC[O-].[OH-].[Ti+4]. The molecule has 0 saturated heterocycles. The third kappa shape index (κ3) is 2510. The van der Waals surface area contributed by atoms with Crippen molar-refractivity contribution in [3.63, 3.8) is 0 Å². The first-order valence-corrected chi connectivity index (χ1v) is 2.99. The van der Waals surface area contributed by atoms with Gasteiger partial charge in [-0.05, 0) is 0 Å². The predicted molar refractivity (Wildman–Crippen MR) is 33.6 cm³/mol. The molecule has 0 atom stereocenters. The quantitative estimate of drug-likeness (QED) is 0.419. The van der Waals surface area contributed by atoms with Gasteiger partial charge >= 0.3 is 21.7 Å². The van der Waals surface area contributed by atoms with Crippen LogP contribution in [0.25, 0.3) is 0 Å². The molecule has 0 fully saturated rings. The molecule has 5 heteroatoms. The summed E-state index contributed by atoms with van der Waals surface area (Å²) in [6, 6.07) is 0. The van der Waals surface area contributed by atoms with Gasteiger partial charge in [-0.25, -0.2) is 0 Å². The summed E-state index contributed by atoms with van der Waals surface area (Å²) in [5.41, 5.74) is 0. The Balaban J connectivity index is -0.0000000150. The maximum atomic E-state index is 8.93. The van der Waals surface area contributed by atoms with Crippen molar-refractivity contribution in [1.29, 1.82) is 0 Å². The van der Waals surface area contributed by atoms with E-state index < -0.39 is 0 Å². The van der Waals surface area contributed by atoms with Gasteiger partial charge in [0.1, 0.15) is 0 Å². The van der Waals surface area contributed by atoms with Crippen LogP contribution in [0.3, 0.4) is 0 Å². The van der Waals surface area contributed by atoms with E-state index in [1.165, 1.54) is 0 Å². The van der Waals surface area contributed by atoms with Crippen LogP contribution in [-0.2, 0) is 21.7 Å². The van der Waals surface area contributed by atoms with Gasteiger partial charge in [-0.15, -0.1) is 19.8 Å². The fourth-order valence-corrected chi connectivity index (χ4v) is 0. The first-order valence-electron chi connectivity index (χ1n) is 2.99. The fraction of sp³-hybridized carbons (Fsp3) is 1.00. The molecule has 0 aliphatic rings. The molecule has 0 aromatic heterocycles. The first-order chi connectivity index (χ1) is 4.24. The minimum Gasteiger partial charge on any atom is -0.870 e. The molecule has 0 unspecified atom stereocenters. The van der Waals surface area contributed by atoms with Crippen LogP contribution in [0.4, 0.5) is 0 Å². The Morgan fingerprint density at radius 2 is 0.727 bits per heavy atom. The van der Waals surface area contributed by atoms with Gasteiger partial charge < -0.3 is 20.8 Å². The molecule has 0 heterocycles. The Bertz CT molecular complexity index is 19.3. The second-order valence-corrected chi connectivity index (χ2v) is 0.866. The van der Waals surface area contributed by atoms with Crippen molar-refractivity contribution in [3.05, 3.63) is 0 Å². The molecule has 0 aliphatic carbocycles. The van der Waals surface area contributed by atoms with E-state index in [1.807, 2.05) is 0 Å². The van der Waals surface area contributed by atoms with Gasteiger partial charge in [-0.1, -0.05) is 20.8 Å². The monoisotopic (exact) mass is 200 g/mol. The Kier molecular flexibility index (Phi) is 208. The Morgan fingerprint density at radius 1 is 0.727 bits per heavy atom. The molecule has 0 amide bonds. The van der Waals surface area contributed by atoms with E-state index in [-0.39, 0.29) is 47.0 Å². The molecular formula is C6H16O4Ti. The molecule has 0 aliphatic heterocycles. The summed E-state index contributed by atoms with van der Waals surface area (Å²) in [4.78, 5) is 0. The van der Waals surface area contributed by atoms with Crippen LogP contribution in [0.5, 0.6) is 0 Å². The van der Waals surface area contributed by atoms with Crippen molar-refractivity contribution in [2.75, 3.05) is 19.8 Å². The number of rotatable bonds is 0. The van der Waals surface area contributed by atoms with E-state index in [1.54, 1.807) is 20.8 Å². The fourth-order valence-electron chi connectivity index (χ4n) is 0. The van der Waals surface area contributed by atoms with Crippen LogP contribution in [0.15, 0.2) is 0 Å². The van der Waals surface area contributed by atoms with E-state index in [4.69, 9.17) is 15.3 Å². The maximum Gasteiger partial charge on any atom is 4.00 e. The Morgan fingerprint density at radius 3 is 0.727 bits per heavy atom. The molecule has 0 aromatic rings. The summed E-state index contributed by atoms with van der Waals surface area (Å²) in [7, 11) is 0. The van der Waals surface area contributed by atoms with Gasteiger partial charge in [0.05, 0.1) is 0 Å². The van der Waals surface area contributed by atoms with E-state index in [9.17, 15) is 0 Å². The molecule has 0 rings (SSSR count). The maximum absolute atomic E-state index is 8.93. The van der Waals surface area contributed by atoms with Crippen LogP contribution in [0.2, 0.25) is 0 Å². The standard InChI is InChI=1S/3C2H5O.H2O.Ti/c3*1-2-3;;/h3*2H2,1H3;1H2;/q3*-1;;+4/p-1. The minimum atomic E-state index is 0. The molecule has 0 radical (unpaired) electrons. The van der Waals surface area contributed by atoms with Gasteiger partial charge in [-0.2, -0.15) is 0 Å².